The van der Waals surface area contributed by atoms with Crippen LogP contribution in [0.5, 0.6) is 0 Å². The van der Waals surface area contributed by atoms with Crippen LogP contribution in [-0.2, 0) is 18.2 Å². The Kier molecular flexibility index (Phi) is 5.81. The average Bonchev–Trinajstić information content (AvgIpc) is 3.29. The van der Waals surface area contributed by atoms with Crippen LogP contribution in [0.3, 0.4) is 0 Å². The number of nitrogens with zero attached hydrogens (tertiary/aromatic N) is 6. The first-order valence-electron chi connectivity index (χ1n) is 10.2. The van der Waals surface area contributed by atoms with Gasteiger partial charge in [-0.25, -0.2) is 23.8 Å². The Morgan fingerprint density at radius 3 is 2.56 bits per heavy atom. The predicted octanol–water partition coefficient (Wildman–Crippen LogP) is 3.59. The van der Waals surface area contributed by atoms with Crippen LogP contribution in [0.2, 0.25) is 0 Å². The van der Waals surface area contributed by atoms with Crippen molar-refractivity contribution in [2.45, 2.75) is 27.2 Å². The van der Waals surface area contributed by atoms with Gasteiger partial charge in [0.1, 0.15) is 12.1 Å². The fraction of sp³-hybridized carbons (Fsp3) is 0.261. The van der Waals surface area contributed by atoms with Gasteiger partial charge in [0.05, 0.1) is 29.4 Å². The molecular weight excluding hydrogens is 411 g/mol. The lowest BCUT2D eigenvalue weighted by atomic mass is 10.0. The quantitative estimate of drug-likeness (QED) is 0.431. The van der Waals surface area contributed by atoms with Crippen LogP contribution in [-0.4, -0.2) is 42.1 Å². The second-order valence-corrected chi connectivity index (χ2v) is 7.40. The number of rotatable bonds is 6. The van der Waals surface area contributed by atoms with Crippen molar-refractivity contribution in [1.29, 1.82) is 0 Å². The molecule has 0 saturated heterocycles. The maximum absolute atomic E-state index is 13.3. The van der Waals surface area contributed by atoms with E-state index in [1.807, 2.05) is 14.0 Å². The number of carbonyl (C=O) groups excluding carboxylic acids is 1. The smallest absolute Gasteiger partial charge is 0.357 e. The molecule has 0 aliphatic carbocycles. The molecular formula is C23H23FN6O2. The third-order valence-corrected chi connectivity index (χ3v) is 5.09. The molecule has 0 aliphatic rings. The van der Waals surface area contributed by atoms with Gasteiger partial charge in [0, 0.05) is 25.1 Å². The summed E-state index contributed by atoms with van der Waals surface area (Å²) in [6.07, 6.45) is 1.90. The van der Waals surface area contributed by atoms with E-state index in [0.717, 1.165) is 28.2 Å². The zero-order chi connectivity index (χ0) is 22.8. The molecule has 0 bridgehead atoms. The number of benzene rings is 1. The third kappa shape index (κ3) is 4.14. The van der Waals surface area contributed by atoms with Crippen LogP contribution in [0.1, 0.15) is 40.1 Å². The summed E-state index contributed by atoms with van der Waals surface area (Å²) in [5, 5.41) is 9.04. The van der Waals surface area contributed by atoms with Gasteiger partial charge in [-0.2, -0.15) is 10.2 Å². The number of aryl methyl sites for hydroxylation is 2. The van der Waals surface area contributed by atoms with Gasteiger partial charge in [-0.05, 0) is 56.7 Å². The number of halogens is 1. The van der Waals surface area contributed by atoms with E-state index in [-0.39, 0.29) is 12.4 Å². The van der Waals surface area contributed by atoms with Gasteiger partial charge in [-0.3, -0.25) is 4.68 Å². The summed E-state index contributed by atoms with van der Waals surface area (Å²) in [5.41, 5.74) is 5.35. The minimum absolute atomic E-state index is 0.271. The van der Waals surface area contributed by atoms with Crippen LogP contribution in [0.25, 0.3) is 17.1 Å². The molecule has 164 valence electrons. The Morgan fingerprint density at radius 1 is 1.09 bits per heavy atom. The number of aromatic nitrogens is 6. The summed E-state index contributed by atoms with van der Waals surface area (Å²) < 4.78 is 21.7. The largest absolute Gasteiger partial charge is 0.461 e. The Labute approximate surface area is 184 Å². The minimum atomic E-state index is -0.460. The number of esters is 1. The highest BCUT2D eigenvalue weighted by Crippen LogP contribution is 2.26. The molecule has 32 heavy (non-hydrogen) atoms. The first-order valence-corrected chi connectivity index (χ1v) is 10.2. The molecule has 8 nitrogen and oxygen atoms in total. The van der Waals surface area contributed by atoms with Gasteiger partial charge in [0.25, 0.3) is 0 Å². The van der Waals surface area contributed by atoms with Gasteiger partial charge in [-0.1, -0.05) is 0 Å². The molecule has 0 aliphatic heterocycles. The summed E-state index contributed by atoms with van der Waals surface area (Å²) >= 11 is 0. The molecule has 0 atom stereocenters. The van der Waals surface area contributed by atoms with E-state index >= 15 is 0 Å². The van der Waals surface area contributed by atoms with Gasteiger partial charge in [-0.15, -0.1) is 0 Å². The fourth-order valence-electron chi connectivity index (χ4n) is 3.66. The monoisotopic (exact) mass is 434 g/mol. The highest BCUT2D eigenvalue weighted by molar-refractivity contribution is 5.88. The van der Waals surface area contributed by atoms with Crippen LogP contribution < -0.4 is 0 Å². The van der Waals surface area contributed by atoms with Crippen molar-refractivity contribution >= 4 is 5.97 Å². The maximum atomic E-state index is 13.3. The van der Waals surface area contributed by atoms with Crippen molar-refractivity contribution in [2.24, 2.45) is 7.05 Å². The van der Waals surface area contributed by atoms with Crippen LogP contribution in [0.15, 0.2) is 42.7 Å². The average molecular weight is 434 g/mol. The van der Waals surface area contributed by atoms with Gasteiger partial charge in [0.15, 0.2) is 11.5 Å². The predicted molar refractivity (Wildman–Crippen MR) is 116 cm³/mol. The number of hydrogen-bond acceptors (Lipinski definition) is 6. The van der Waals surface area contributed by atoms with E-state index in [4.69, 9.17) is 4.74 Å². The lowest BCUT2D eigenvalue weighted by molar-refractivity contribution is 0.0515. The lowest BCUT2D eigenvalue weighted by Crippen LogP contribution is -2.13. The molecule has 3 aromatic heterocycles. The normalized spacial score (nSPS) is 11.0. The Morgan fingerprint density at radius 2 is 1.84 bits per heavy atom. The molecule has 3 heterocycles. The van der Waals surface area contributed by atoms with E-state index < -0.39 is 5.97 Å². The maximum Gasteiger partial charge on any atom is 0.357 e. The zero-order valence-corrected chi connectivity index (χ0v) is 18.3. The van der Waals surface area contributed by atoms with Crippen LogP contribution >= 0.6 is 0 Å². The molecule has 0 radical (unpaired) electrons. The highest BCUT2D eigenvalue weighted by atomic mass is 19.1. The van der Waals surface area contributed by atoms with Crippen molar-refractivity contribution < 1.29 is 13.9 Å². The third-order valence-electron chi connectivity index (χ3n) is 5.09. The van der Waals surface area contributed by atoms with Crippen molar-refractivity contribution in [3.8, 4) is 17.1 Å². The summed E-state index contributed by atoms with van der Waals surface area (Å²) in [7, 11) is 1.86. The second-order valence-electron chi connectivity index (χ2n) is 7.40. The number of ether oxygens (including phenoxy) is 1. The van der Waals surface area contributed by atoms with E-state index in [1.54, 1.807) is 42.8 Å². The number of hydrogen-bond donors (Lipinski definition) is 0. The van der Waals surface area contributed by atoms with E-state index in [1.165, 1.54) is 23.1 Å². The molecule has 0 saturated carbocycles. The first-order chi connectivity index (χ1) is 15.4. The van der Waals surface area contributed by atoms with E-state index in [9.17, 15) is 9.18 Å². The highest BCUT2D eigenvalue weighted by Gasteiger charge is 2.19. The molecule has 0 unspecified atom stereocenters. The second kappa shape index (κ2) is 8.70. The zero-order valence-electron chi connectivity index (χ0n) is 18.3. The molecule has 4 rings (SSSR count). The topological polar surface area (TPSA) is 87.7 Å². The summed E-state index contributed by atoms with van der Waals surface area (Å²) in [4.78, 5) is 21.0. The van der Waals surface area contributed by atoms with E-state index in [0.29, 0.717) is 23.6 Å². The van der Waals surface area contributed by atoms with Crippen LogP contribution in [0, 0.1) is 19.7 Å². The van der Waals surface area contributed by atoms with Crippen LogP contribution in [0.4, 0.5) is 4.39 Å². The molecule has 1 aromatic carbocycles. The standard InChI is InChI=1S/C23H23FN6O2/c1-5-32-23(31)20-10-14(2)27-30(20)21-12-18(25-13-26-21)11-19-15(3)22(29(4)28-19)16-6-8-17(24)9-7-16/h6-10,12-13H,5,11H2,1-4H3. The van der Waals surface area contributed by atoms with Crippen molar-refractivity contribution in [1.82, 2.24) is 29.5 Å². The fourth-order valence-corrected chi connectivity index (χ4v) is 3.66. The molecule has 4 aromatic rings. The minimum Gasteiger partial charge on any atom is -0.461 e. The summed E-state index contributed by atoms with van der Waals surface area (Å²) in [5.74, 6) is -0.269. The van der Waals surface area contributed by atoms with Gasteiger partial charge < -0.3 is 4.74 Å². The van der Waals surface area contributed by atoms with Gasteiger partial charge in [0.2, 0.25) is 0 Å². The Bertz CT molecular complexity index is 1280. The molecule has 0 fully saturated rings. The van der Waals surface area contributed by atoms with E-state index in [2.05, 4.69) is 20.2 Å². The molecule has 0 amide bonds. The first kappa shape index (κ1) is 21.4. The Hall–Kier alpha value is -3.88. The van der Waals surface area contributed by atoms with Crippen molar-refractivity contribution in [2.75, 3.05) is 6.61 Å². The molecule has 0 N–H and O–H groups in total. The van der Waals surface area contributed by atoms with Crippen molar-refractivity contribution in [3.05, 3.63) is 76.9 Å². The van der Waals surface area contributed by atoms with Crippen molar-refractivity contribution in [3.63, 3.8) is 0 Å². The van der Waals surface area contributed by atoms with Gasteiger partial charge >= 0.3 is 5.97 Å². The molecule has 9 heteroatoms. The lowest BCUT2D eigenvalue weighted by Gasteiger charge is -2.07. The summed E-state index contributed by atoms with van der Waals surface area (Å²) in [6, 6.07) is 9.79. The number of carbonyl (C=O) groups is 1. The SMILES string of the molecule is CCOC(=O)c1cc(C)nn1-c1cc(Cc2nn(C)c(-c3ccc(F)cc3)c2C)ncn1. The summed E-state index contributed by atoms with van der Waals surface area (Å²) in [6.45, 7) is 5.81. The Balaban J connectivity index is 1.66. The molecule has 0 spiro atoms.